The van der Waals surface area contributed by atoms with Crippen LogP contribution in [-0.2, 0) is 0 Å². The van der Waals surface area contributed by atoms with Crippen LogP contribution in [0.3, 0.4) is 0 Å². The summed E-state index contributed by atoms with van der Waals surface area (Å²) in [6, 6.07) is 12.1. The summed E-state index contributed by atoms with van der Waals surface area (Å²) in [5.74, 6) is 0.0396. The molecule has 1 aliphatic heterocycles. The molecule has 9 heteroatoms. The molecule has 0 spiro atoms. The zero-order valence-corrected chi connectivity index (χ0v) is 14.8. The molecule has 1 aliphatic rings. The van der Waals surface area contributed by atoms with E-state index in [0.717, 1.165) is 11.4 Å². The number of ether oxygens (including phenoxy) is 1. The Morgan fingerprint density at radius 3 is 2.30 bits per heavy atom. The molecule has 2 aromatic rings. The standard InChI is InChI=1S/C18H20N4O5/c1-27-17-5-3-2-4-15(17)21-10-8-20(9-11-21)14-7-6-13(18(23)19-24)12-16(14)22(25)26/h2-7,12H,8-11H2,1H3,(H2-,19,23,24,25,26)/p+1. The van der Waals surface area contributed by atoms with E-state index < -0.39 is 5.91 Å². The van der Waals surface area contributed by atoms with Gasteiger partial charge >= 0.3 is 5.69 Å². The SMILES string of the molecule is COc1ccccc1N1CCN(c2ccc(C(=O)NO)cc2[N+](=O)O)CC1. The first-order valence-corrected chi connectivity index (χ1v) is 8.42. The average molecular weight is 373 g/mol. The number of carbonyl (C=O) groups is 1. The molecule has 1 fully saturated rings. The predicted molar refractivity (Wildman–Crippen MR) is 98.2 cm³/mol. The second-order valence-electron chi connectivity index (χ2n) is 6.06. The van der Waals surface area contributed by atoms with Crippen molar-refractivity contribution in [3.63, 3.8) is 0 Å². The third kappa shape index (κ3) is 3.77. The van der Waals surface area contributed by atoms with Crippen molar-refractivity contribution in [3.05, 3.63) is 52.9 Å². The highest BCUT2D eigenvalue weighted by molar-refractivity contribution is 5.95. The summed E-state index contributed by atoms with van der Waals surface area (Å²) in [4.78, 5) is 27.0. The second-order valence-corrected chi connectivity index (χ2v) is 6.06. The first-order valence-electron chi connectivity index (χ1n) is 8.42. The lowest BCUT2D eigenvalue weighted by Crippen LogP contribution is -2.46. The summed E-state index contributed by atoms with van der Waals surface area (Å²) in [5.41, 5.74) is 3.04. The molecule has 9 nitrogen and oxygen atoms in total. The van der Waals surface area contributed by atoms with Crippen LogP contribution in [0, 0.1) is 4.91 Å². The normalized spacial score (nSPS) is 14.0. The van der Waals surface area contributed by atoms with Crippen LogP contribution in [0.15, 0.2) is 42.5 Å². The monoisotopic (exact) mass is 373 g/mol. The maximum Gasteiger partial charge on any atom is 0.340 e. The van der Waals surface area contributed by atoms with E-state index in [1.165, 1.54) is 17.6 Å². The van der Waals surface area contributed by atoms with Crippen molar-refractivity contribution < 1.29 is 24.9 Å². The van der Waals surface area contributed by atoms with Gasteiger partial charge in [-0.05, 0) is 24.3 Å². The third-order valence-electron chi connectivity index (χ3n) is 4.59. The highest BCUT2D eigenvalue weighted by atomic mass is 16.6. The highest BCUT2D eigenvalue weighted by Crippen LogP contribution is 2.32. The number of hydroxylamine groups is 1. The van der Waals surface area contributed by atoms with Gasteiger partial charge in [-0.25, -0.2) is 10.7 Å². The van der Waals surface area contributed by atoms with Crippen molar-refractivity contribution in [1.29, 1.82) is 0 Å². The Morgan fingerprint density at radius 2 is 1.70 bits per heavy atom. The van der Waals surface area contributed by atoms with Gasteiger partial charge in [0.05, 0.1) is 17.7 Å². The zero-order valence-electron chi connectivity index (χ0n) is 14.8. The number of amides is 1. The molecule has 0 unspecified atom stereocenters. The lowest BCUT2D eigenvalue weighted by molar-refractivity contribution is -0.729. The van der Waals surface area contributed by atoms with Gasteiger partial charge in [0.25, 0.3) is 10.8 Å². The number of nitrogens with zero attached hydrogens (tertiary/aromatic N) is 3. The van der Waals surface area contributed by atoms with Crippen LogP contribution in [0.4, 0.5) is 17.1 Å². The van der Waals surface area contributed by atoms with E-state index in [9.17, 15) is 14.9 Å². The van der Waals surface area contributed by atoms with Gasteiger partial charge in [-0.1, -0.05) is 12.1 Å². The number of benzene rings is 2. The van der Waals surface area contributed by atoms with E-state index in [4.69, 9.17) is 9.94 Å². The number of methoxy groups -OCH3 is 1. The van der Waals surface area contributed by atoms with Crippen LogP contribution in [0.25, 0.3) is 0 Å². The summed E-state index contributed by atoms with van der Waals surface area (Å²) < 4.78 is 5.41. The number of para-hydroxylation sites is 2. The third-order valence-corrected chi connectivity index (χ3v) is 4.59. The fraction of sp³-hybridized carbons (Fsp3) is 0.278. The minimum atomic E-state index is -0.759. The van der Waals surface area contributed by atoms with Gasteiger partial charge in [0.1, 0.15) is 11.4 Å². The first kappa shape index (κ1) is 18.5. The summed E-state index contributed by atoms with van der Waals surface area (Å²) >= 11 is 0. The summed E-state index contributed by atoms with van der Waals surface area (Å²) in [6.07, 6.45) is 0. The Balaban J connectivity index is 1.79. The number of anilines is 2. The van der Waals surface area contributed by atoms with Crippen molar-refractivity contribution >= 4 is 23.0 Å². The van der Waals surface area contributed by atoms with Crippen LogP contribution >= 0.6 is 0 Å². The first-order chi connectivity index (χ1) is 13.0. The van der Waals surface area contributed by atoms with Gasteiger partial charge in [0.2, 0.25) is 0 Å². The molecule has 0 atom stereocenters. The van der Waals surface area contributed by atoms with Gasteiger partial charge in [-0.15, -0.1) is 0 Å². The number of nitrogens with one attached hydrogen (secondary N) is 1. The van der Waals surface area contributed by atoms with Crippen LogP contribution in [0.1, 0.15) is 10.4 Å². The van der Waals surface area contributed by atoms with Gasteiger partial charge in [0.15, 0.2) is 0 Å². The lowest BCUT2D eigenvalue weighted by atomic mass is 10.1. The van der Waals surface area contributed by atoms with Gasteiger partial charge < -0.3 is 14.5 Å². The summed E-state index contributed by atoms with van der Waals surface area (Å²) in [6.45, 7) is 2.63. The van der Waals surface area contributed by atoms with E-state index in [1.54, 1.807) is 13.2 Å². The van der Waals surface area contributed by atoms with Crippen molar-refractivity contribution in [3.8, 4) is 5.75 Å². The van der Waals surface area contributed by atoms with Gasteiger partial charge in [-0.2, -0.15) is 0 Å². The molecule has 0 aromatic heterocycles. The maximum atomic E-state index is 11.6. The molecular weight excluding hydrogens is 352 g/mol. The van der Waals surface area contributed by atoms with Gasteiger partial charge in [0, 0.05) is 37.8 Å². The van der Waals surface area contributed by atoms with E-state index in [2.05, 4.69) is 4.90 Å². The number of carbonyl (C=O) groups excluding carboxylic acids is 1. The van der Waals surface area contributed by atoms with Crippen molar-refractivity contribution in [1.82, 2.24) is 5.48 Å². The van der Waals surface area contributed by atoms with E-state index in [0.29, 0.717) is 31.9 Å². The minimum Gasteiger partial charge on any atom is -0.495 e. The molecule has 1 amide bonds. The Hall–Kier alpha value is -3.33. The van der Waals surface area contributed by atoms with E-state index in [1.807, 2.05) is 29.2 Å². The average Bonchev–Trinajstić information content (AvgIpc) is 2.72. The highest BCUT2D eigenvalue weighted by Gasteiger charge is 2.28. The van der Waals surface area contributed by atoms with Crippen LogP contribution in [0.2, 0.25) is 0 Å². The smallest absolute Gasteiger partial charge is 0.340 e. The molecule has 0 saturated carbocycles. The van der Waals surface area contributed by atoms with Crippen LogP contribution in [-0.4, -0.2) is 54.5 Å². The largest absolute Gasteiger partial charge is 0.495 e. The summed E-state index contributed by atoms with van der Waals surface area (Å²) in [5, 5.41) is 18.2. The molecule has 1 saturated heterocycles. The molecule has 3 N–H and O–H groups in total. The lowest BCUT2D eigenvalue weighted by Gasteiger charge is -2.37. The maximum absolute atomic E-state index is 11.6. The van der Waals surface area contributed by atoms with Crippen LogP contribution < -0.4 is 20.0 Å². The van der Waals surface area contributed by atoms with E-state index >= 15 is 0 Å². The Kier molecular flexibility index (Phi) is 5.41. The summed E-state index contributed by atoms with van der Waals surface area (Å²) in [7, 11) is 1.63. The second kappa shape index (κ2) is 7.92. The fourth-order valence-corrected chi connectivity index (χ4v) is 3.23. The molecule has 3 rings (SSSR count). The predicted octanol–water partition coefficient (Wildman–Crippen LogP) is 1.94. The Bertz CT molecular complexity index is 849. The quantitative estimate of drug-likeness (QED) is 0.543. The van der Waals surface area contributed by atoms with Crippen molar-refractivity contribution in [2.75, 3.05) is 43.1 Å². The molecular formula is C18H21N4O5+. The molecule has 0 aliphatic carbocycles. The zero-order chi connectivity index (χ0) is 19.4. The Labute approximate surface area is 155 Å². The number of piperazine rings is 1. The topological polar surface area (TPSA) is 105 Å². The molecule has 142 valence electrons. The van der Waals surface area contributed by atoms with Crippen molar-refractivity contribution in [2.45, 2.75) is 0 Å². The molecule has 1 heterocycles. The molecule has 2 aromatic carbocycles. The Morgan fingerprint density at radius 1 is 1.07 bits per heavy atom. The number of hydrogen-bond acceptors (Lipinski definition) is 6. The van der Waals surface area contributed by atoms with E-state index in [-0.39, 0.29) is 16.2 Å². The minimum absolute atomic E-state index is 0.0539. The molecule has 0 bridgehead atoms. The van der Waals surface area contributed by atoms with Crippen molar-refractivity contribution in [2.24, 2.45) is 0 Å². The van der Waals surface area contributed by atoms with Gasteiger partial charge in [-0.3, -0.25) is 10.0 Å². The number of hydrogen-bond donors (Lipinski definition) is 3. The fourth-order valence-electron chi connectivity index (χ4n) is 3.23. The molecule has 27 heavy (non-hydrogen) atoms. The molecule has 0 radical (unpaired) electrons. The number of rotatable bonds is 5. The van der Waals surface area contributed by atoms with Crippen LogP contribution in [0.5, 0.6) is 5.75 Å².